The molecule has 1 aliphatic rings. The van der Waals surface area contributed by atoms with E-state index < -0.39 is 23.6 Å². The smallest absolute Gasteiger partial charge is 0.416 e. The molecule has 1 fully saturated rings. The molecule has 0 bridgehead atoms. The number of rotatable bonds is 2. The topological polar surface area (TPSA) is 53.4 Å². The minimum Gasteiger partial charge on any atom is -0.481 e. The SMILES string of the molecule is O=C(O)C1CCCN(c2nccc3cc(C(F)(F)F)ccc23)C1. The molecule has 2 aromatic rings. The zero-order valence-electron chi connectivity index (χ0n) is 12.2. The lowest BCUT2D eigenvalue weighted by atomic mass is 9.97. The molecule has 2 heterocycles. The molecule has 1 saturated heterocycles. The summed E-state index contributed by atoms with van der Waals surface area (Å²) in [6, 6.07) is 5.07. The van der Waals surface area contributed by atoms with Gasteiger partial charge in [0.25, 0.3) is 0 Å². The highest BCUT2D eigenvalue weighted by atomic mass is 19.4. The molecule has 1 aromatic heterocycles. The Morgan fingerprint density at radius 2 is 2.09 bits per heavy atom. The number of carboxylic acid groups (broad SMARTS) is 1. The highest BCUT2D eigenvalue weighted by Gasteiger charge is 2.31. The van der Waals surface area contributed by atoms with Crippen LogP contribution in [0.25, 0.3) is 10.8 Å². The van der Waals surface area contributed by atoms with Crippen LogP contribution in [0.15, 0.2) is 30.5 Å². The summed E-state index contributed by atoms with van der Waals surface area (Å²) in [5, 5.41) is 10.2. The number of carboxylic acids is 1. The van der Waals surface area contributed by atoms with Gasteiger partial charge < -0.3 is 10.0 Å². The summed E-state index contributed by atoms with van der Waals surface area (Å²) < 4.78 is 38.5. The van der Waals surface area contributed by atoms with Crippen molar-refractivity contribution >= 4 is 22.6 Å². The molecule has 1 aromatic carbocycles. The Morgan fingerprint density at radius 3 is 2.78 bits per heavy atom. The number of hydrogen-bond acceptors (Lipinski definition) is 3. The van der Waals surface area contributed by atoms with Crippen LogP contribution in [0.3, 0.4) is 0 Å². The van der Waals surface area contributed by atoms with Crippen molar-refractivity contribution < 1.29 is 23.1 Å². The Morgan fingerprint density at radius 1 is 1.30 bits per heavy atom. The van der Waals surface area contributed by atoms with E-state index in [0.717, 1.165) is 18.6 Å². The second-order valence-corrected chi connectivity index (χ2v) is 5.69. The number of nitrogens with zero attached hydrogens (tertiary/aromatic N) is 2. The summed E-state index contributed by atoms with van der Waals surface area (Å²) in [5.41, 5.74) is -0.704. The van der Waals surface area contributed by atoms with E-state index in [1.54, 1.807) is 0 Å². The van der Waals surface area contributed by atoms with Crippen LogP contribution < -0.4 is 4.90 Å². The maximum Gasteiger partial charge on any atom is 0.416 e. The van der Waals surface area contributed by atoms with Crippen molar-refractivity contribution in [1.82, 2.24) is 4.98 Å². The Bertz CT molecular complexity index is 746. The number of anilines is 1. The summed E-state index contributed by atoms with van der Waals surface area (Å²) in [6.45, 7) is 0.972. The highest BCUT2D eigenvalue weighted by molar-refractivity contribution is 5.92. The minimum atomic E-state index is -4.39. The van der Waals surface area contributed by atoms with E-state index in [1.807, 2.05) is 4.90 Å². The van der Waals surface area contributed by atoms with Gasteiger partial charge in [-0.05, 0) is 36.4 Å². The first kappa shape index (κ1) is 15.6. The van der Waals surface area contributed by atoms with Crippen LogP contribution in [0.2, 0.25) is 0 Å². The molecule has 1 atom stereocenters. The molecule has 1 N–H and O–H groups in total. The monoisotopic (exact) mass is 324 g/mol. The Balaban J connectivity index is 2.00. The second kappa shape index (κ2) is 5.72. The Hall–Kier alpha value is -2.31. The number of benzene rings is 1. The van der Waals surface area contributed by atoms with Gasteiger partial charge in [0.05, 0.1) is 11.5 Å². The van der Waals surface area contributed by atoms with Gasteiger partial charge in [-0.1, -0.05) is 6.07 Å². The molecule has 0 radical (unpaired) electrons. The first-order chi connectivity index (χ1) is 10.9. The number of aliphatic carboxylic acids is 1. The number of aromatic nitrogens is 1. The third kappa shape index (κ3) is 3.09. The molecule has 23 heavy (non-hydrogen) atoms. The van der Waals surface area contributed by atoms with E-state index in [1.165, 1.54) is 18.3 Å². The number of piperidine rings is 1. The van der Waals surface area contributed by atoms with Gasteiger partial charge in [0, 0.05) is 24.7 Å². The fraction of sp³-hybridized carbons (Fsp3) is 0.375. The van der Waals surface area contributed by atoms with Gasteiger partial charge >= 0.3 is 12.1 Å². The van der Waals surface area contributed by atoms with Crippen molar-refractivity contribution in [1.29, 1.82) is 0 Å². The molecule has 1 aliphatic heterocycles. The van der Waals surface area contributed by atoms with Crippen LogP contribution in [-0.4, -0.2) is 29.1 Å². The predicted molar refractivity (Wildman–Crippen MR) is 79.3 cm³/mol. The van der Waals surface area contributed by atoms with E-state index in [0.29, 0.717) is 36.1 Å². The molecule has 122 valence electrons. The van der Waals surface area contributed by atoms with Gasteiger partial charge in [0.2, 0.25) is 0 Å². The summed E-state index contributed by atoms with van der Waals surface area (Å²) in [7, 11) is 0. The maximum absolute atomic E-state index is 12.8. The first-order valence-electron chi connectivity index (χ1n) is 7.30. The zero-order valence-corrected chi connectivity index (χ0v) is 12.2. The number of carbonyl (C=O) groups is 1. The molecule has 0 aliphatic carbocycles. The second-order valence-electron chi connectivity index (χ2n) is 5.69. The van der Waals surface area contributed by atoms with E-state index >= 15 is 0 Å². The van der Waals surface area contributed by atoms with Crippen LogP contribution in [0.1, 0.15) is 18.4 Å². The largest absolute Gasteiger partial charge is 0.481 e. The van der Waals surface area contributed by atoms with Crippen LogP contribution >= 0.6 is 0 Å². The van der Waals surface area contributed by atoms with Gasteiger partial charge in [-0.3, -0.25) is 4.79 Å². The molecular formula is C16H15F3N2O2. The summed E-state index contributed by atoms with van der Waals surface area (Å²) in [6.07, 6.45) is -1.61. The van der Waals surface area contributed by atoms with Crippen LogP contribution in [0, 0.1) is 5.92 Å². The number of pyridine rings is 1. The molecule has 3 rings (SSSR count). The quantitative estimate of drug-likeness (QED) is 0.918. The normalized spacial score (nSPS) is 19.1. The third-order valence-corrected chi connectivity index (χ3v) is 4.14. The van der Waals surface area contributed by atoms with Gasteiger partial charge in [0.15, 0.2) is 0 Å². The average molecular weight is 324 g/mol. The maximum atomic E-state index is 12.8. The molecule has 0 amide bonds. The molecule has 1 unspecified atom stereocenters. The summed E-state index contributed by atoms with van der Waals surface area (Å²) >= 11 is 0. The molecule has 0 saturated carbocycles. The van der Waals surface area contributed by atoms with E-state index in [9.17, 15) is 23.1 Å². The van der Waals surface area contributed by atoms with Crippen molar-refractivity contribution in [2.45, 2.75) is 19.0 Å². The molecule has 0 spiro atoms. The molecule has 7 heteroatoms. The first-order valence-corrected chi connectivity index (χ1v) is 7.30. The van der Waals surface area contributed by atoms with E-state index in [4.69, 9.17) is 0 Å². The van der Waals surface area contributed by atoms with Crippen molar-refractivity contribution in [2.75, 3.05) is 18.0 Å². The fourth-order valence-corrected chi connectivity index (χ4v) is 2.96. The average Bonchev–Trinajstić information content (AvgIpc) is 2.53. The van der Waals surface area contributed by atoms with E-state index in [2.05, 4.69) is 4.98 Å². The van der Waals surface area contributed by atoms with Crippen molar-refractivity contribution in [3.05, 3.63) is 36.0 Å². The number of halogens is 3. The predicted octanol–water partition coefficient (Wildman–Crippen LogP) is 3.55. The van der Waals surface area contributed by atoms with Crippen LogP contribution in [-0.2, 0) is 11.0 Å². The standard InChI is InChI=1S/C16H15F3N2O2/c17-16(18,19)12-3-4-13-10(8-12)5-6-20-14(13)21-7-1-2-11(9-21)15(22)23/h3-6,8,11H,1-2,7,9H2,(H,22,23). The van der Waals surface area contributed by atoms with Gasteiger partial charge in [-0.25, -0.2) is 4.98 Å². The van der Waals surface area contributed by atoms with Crippen molar-refractivity contribution in [3.63, 3.8) is 0 Å². The van der Waals surface area contributed by atoms with E-state index in [-0.39, 0.29) is 0 Å². The lowest BCUT2D eigenvalue weighted by molar-refractivity contribution is -0.142. The minimum absolute atomic E-state index is 0.322. The number of alkyl halides is 3. The lowest BCUT2D eigenvalue weighted by Crippen LogP contribution is -2.39. The van der Waals surface area contributed by atoms with Gasteiger partial charge in [0.1, 0.15) is 5.82 Å². The third-order valence-electron chi connectivity index (χ3n) is 4.14. The summed E-state index contributed by atoms with van der Waals surface area (Å²) in [4.78, 5) is 17.3. The summed E-state index contributed by atoms with van der Waals surface area (Å²) in [5.74, 6) is -0.785. The molecule has 4 nitrogen and oxygen atoms in total. The Kier molecular flexibility index (Phi) is 3.87. The number of hydrogen-bond donors (Lipinski definition) is 1. The van der Waals surface area contributed by atoms with Gasteiger partial charge in [-0.15, -0.1) is 0 Å². The molecular weight excluding hydrogens is 309 g/mol. The van der Waals surface area contributed by atoms with Crippen LogP contribution in [0.4, 0.5) is 19.0 Å². The van der Waals surface area contributed by atoms with Crippen molar-refractivity contribution in [2.24, 2.45) is 5.92 Å². The fourth-order valence-electron chi connectivity index (χ4n) is 2.96. The zero-order chi connectivity index (χ0) is 16.6. The lowest BCUT2D eigenvalue weighted by Gasteiger charge is -2.32. The Labute approximate surface area is 130 Å². The number of fused-ring (bicyclic) bond motifs is 1. The highest BCUT2D eigenvalue weighted by Crippen LogP contribution is 2.34. The van der Waals surface area contributed by atoms with Crippen molar-refractivity contribution in [3.8, 4) is 0 Å². The van der Waals surface area contributed by atoms with Crippen LogP contribution in [0.5, 0.6) is 0 Å². The van der Waals surface area contributed by atoms with Gasteiger partial charge in [-0.2, -0.15) is 13.2 Å².